The predicted molar refractivity (Wildman–Crippen MR) is 325 cm³/mol. The summed E-state index contributed by atoms with van der Waals surface area (Å²) in [6, 6.07) is 0. The lowest BCUT2D eigenvalue weighted by molar-refractivity contribution is -0.167. The van der Waals surface area contributed by atoms with Gasteiger partial charge in [-0.25, -0.2) is 0 Å². The maximum atomic E-state index is 12.9. The van der Waals surface area contributed by atoms with Crippen molar-refractivity contribution in [3.05, 3.63) is 60.8 Å². The zero-order valence-electron chi connectivity index (χ0n) is 50.1. The highest BCUT2D eigenvalue weighted by molar-refractivity contribution is 5.71. The average Bonchev–Trinajstić information content (AvgIpc) is 3.41. The van der Waals surface area contributed by atoms with Crippen LogP contribution in [0.2, 0.25) is 0 Å². The van der Waals surface area contributed by atoms with E-state index in [1.165, 1.54) is 218 Å². The van der Waals surface area contributed by atoms with Crippen molar-refractivity contribution < 1.29 is 28.6 Å². The topological polar surface area (TPSA) is 78.9 Å². The zero-order chi connectivity index (χ0) is 54.3. The van der Waals surface area contributed by atoms with Gasteiger partial charge in [-0.3, -0.25) is 14.4 Å². The van der Waals surface area contributed by atoms with Crippen molar-refractivity contribution in [1.82, 2.24) is 0 Å². The maximum absolute atomic E-state index is 12.9. The Morgan fingerprint density at radius 3 is 0.747 bits per heavy atom. The lowest BCUT2D eigenvalue weighted by Crippen LogP contribution is -2.30. The van der Waals surface area contributed by atoms with E-state index < -0.39 is 6.10 Å². The first-order valence-electron chi connectivity index (χ1n) is 32.8. The Bertz CT molecular complexity index is 1340. The minimum absolute atomic E-state index is 0.0765. The van der Waals surface area contributed by atoms with Crippen molar-refractivity contribution in [2.45, 2.75) is 348 Å². The Kier molecular flexibility index (Phi) is 61.2. The highest BCUT2D eigenvalue weighted by Gasteiger charge is 2.19. The van der Waals surface area contributed by atoms with Gasteiger partial charge in [0.2, 0.25) is 0 Å². The molecule has 0 N–H and O–H groups in total. The van der Waals surface area contributed by atoms with Crippen LogP contribution in [0.4, 0.5) is 0 Å². The third-order valence-electron chi connectivity index (χ3n) is 14.5. The molecule has 1 unspecified atom stereocenters. The average molecular weight is 1050 g/mol. The molecule has 6 heteroatoms. The number of allylic oxidation sites excluding steroid dienone is 10. The summed E-state index contributed by atoms with van der Waals surface area (Å²) in [6.45, 7) is 6.64. The van der Waals surface area contributed by atoms with E-state index in [-0.39, 0.29) is 31.1 Å². The minimum Gasteiger partial charge on any atom is -0.462 e. The van der Waals surface area contributed by atoms with Gasteiger partial charge < -0.3 is 14.2 Å². The summed E-state index contributed by atoms with van der Waals surface area (Å²) in [4.78, 5) is 38.3. The lowest BCUT2D eigenvalue weighted by Gasteiger charge is -2.18. The van der Waals surface area contributed by atoms with Crippen LogP contribution >= 0.6 is 0 Å². The molecule has 0 aliphatic carbocycles. The summed E-state index contributed by atoms with van der Waals surface area (Å²) in [6.07, 6.45) is 80.9. The van der Waals surface area contributed by atoms with Crippen molar-refractivity contribution in [2.24, 2.45) is 0 Å². The van der Waals surface area contributed by atoms with Crippen LogP contribution in [0, 0.1) is 0 Å². The zero-order valence-corrected chi connectivity index (χ0v) is 50.1. The van der Waals surface area contributed by atoms with Gasteiger partial charge in [-0.2, -0.15) is 0 Å². The Morgan fingerprint density at radius 1 is 0.267 bits per heavy atom. The standard InChI is InChI=1S/C69H124O6/c1-4-7-10-13-16-19-22-24-26-28-30-32-33-34-35-37-38-40-42-44-47-50-53-56-59-62-68(71)74-65-66(64-73-67(70)61-58-55-52-49-46-21-18-15-12-9-6-3)75-69(72)63-60-57-54-51-48-45-43-41-39-36-31-29-27-25-23-20-17-14-11-8-5-2/h22-25,28-31,39,41,66H,4-21,26-27,32-38,40,42-65H2,1-3H3/b24-22-,25-23-,30-28-,31-29-,41-39-. The van der Waals surface area contributed by atoms with E-state index in [0.29, 0.717) is 19.3 Å². The molecule has 0 aromatic heterocycles. The van der Waals surface area contributed by atoms with Gasteiger partial charge in [0.1, 0.15) is 13.2 Å². The molecular formula is C69H124O6. The van der Waals surface area contributed by atoms with Crippen LogP contribution in [0.15, 0.2) is 60.8 Å². The third-order valence-corrected chi connectivity index (χ3v) is 14.5. The van der Waals surface area contributed by atoms with E-state index >= 15 is 0 Å². The smallest absolute Gasteiger partial charge is 0.306 e. The first-order chi connectivity index (χ1) is 37.0. The Morgan fingerprint density at radius 2 is 0.480 bits per heavy atom. The van der Waals surface area contributed by atoms with Crippen LogP contribution in [0.5, 0.6) is 0 Å². The minimum atomic E-state index is -0.780. The molecule has 0 heterocycles. The van der Waals surface area contributed by atoms with Gasteiger partial charge in [0.05, 0.1) is 0 Å². The molecule has 1 atom stereocenters. The van der Waals surface area contributed by atoms with Crippen LogP contribution in [-0.4, -0.2) is 37.2 Å². The van der Waals surface area contributed by atoms with E-state index in [0.717, 1.165) is 83.5 Å². The molecule has 0 aromatic rings. The highest BCUT2D eigenvalue weighted by Crippen LogP contribution is 2.17. The summed E-state index contributed by atoms with van der Waals surface area (Å²) in [5, 5.41) is 0. The van der Waals surface area contributed by atoms with Gasteiger partial charge in [-0.05, 0) is 89.9 Å². The second-order valence-corrected chi connectivity index (χ2v) is 22.0. The van der Waals surface area contributed by atoms with Gasteiger partial charge >= 0.3 is 17.9 Å². The first-order valence-corrected chi connectivity index (χ1v) is 32.8. The highest BCUT2D eigenvalue weighted by atomic mass is 16.6. The molecule has 0 fully saturated rings. The van der Waals surface area contributed by atoms with Gasteiger partial charge in [0, 0.05) is 19.3 Å². The van der Waals surface area contributed by atoms with E-state index in [1.54, 1.807) is 0 Å². The Labute approximate surface area is 466 Å². The van der Waals surface area contributed by atoms with Crippen molar-refractivity contribution in [1.29, 1.82) is 0 Å². The molecule has 6 nitrogen and oxygen atoms in total. The summed E-state index contributed by atoms with van der Waals surface area (Å²) < 4.78 is 16.9. The monoisotopic (exact) mass is 1050 g/mol. The maximum Gasteiger partial charge on any atom is 0.306 e. The molecule has 0 bridgehead atoms. The first kappa shape index (κ1) is 72.1. The number of esters is 3. The van der Waals surface area contributed by atoms with E-state index in [4.69, 9.17) is 14.2 Å². The molecule has 436 valence electrons. The predicted octanol–water partition coefficient (Wildman–Crippen LogP) is 22.3. The van der Waals surface area contributed by atoms with Gasteiger partial charge in [-0.1, -0.05) is 293 Å². The molecule has 0 saturated heterocycles. The summed E-state index contributed by atoms with van der Waals surface area (Å²) in [5.74, 6) is -0.873. The number of rotatable bonds is 60. The molecule has 0 saturated carbocycles. The fourth-order valence-corrected chi connectivity index (χ4v) is 9.54. The van der Waals surface area contributed by atoms with Crippen molar-refractivity contribution in [2.75, 3.05) is 13.2 Å². The number of ether oxygens (including phenoxy) is 3. The SMILES string of the molecule is CCCCCCC/C=C\C/C=C\C/C=C\CCCCCCCCC(=O)OC(COC(=O)CCCCCCCCCCCCC)COC(=O)CCCCCCCCCCCCCCC/C=C\C/C=C\CCCCCCC. The second-order valence-electron chi connectivity index (χ2n) is 22.0. The number of unbranched alkanes of at least 4 members (excludes halogenated alkanes) is 39. The fraction of sp³-hybridized carbons (Fsp3) is 0.812. The number of hydrogen-bond donors (Lipinski definition) is 0. The molecule has 75 heavy (non-hydrogen) atoms. The molecule has 0 radical (unpaired) electrons. The fourth-order valence-electron chi connectivity index (χ4n) is 9.54. The van der Waals surface area contributed by atoms with E-state index in [2.05, 4.69) is 81.5 Å². The molecule has 0 amide bonds. The molecular weight excluding hydrogens is 925 g/mol. The summed E-state index contributed by atoms with van der Waals surface area (Å²) in [5.41, 5.74) is 0. The number of hydrogen-bond acceptors (Lipinski definition) is 6. The van der Waals surface area contributed by atoms with Crippen molar-refractivity contribution in [3.8, 4) is 0 Å². The largest absolute Gasteiger partial charge is 0.462 e. The van der Waals surface area contributed by atoms with Crippen LogP contribution in [0.3, 0.4) is 0 Å². The molecule has 0 aliphatic rings. The summed E-state index contributed by atoms with van der Waals surface area (Å²) in [7, 11) is 0. The molecule has 0 aliphatic heterocycles. The second kappa shape index (κ2) is 63.6. The Balaban J connectivity index is 4.27. The van der Waals surface area contributed by atoms with Crippen LogP contribution in [0.25, 0.3) is 0 Å². The molecule has 0 spiro atoms. The van der Waals surface area contributed by atoms with Crippen LogP contribution < -0.4 is 0 Å². The number of carbonyl (C=O) groups excluding carboxylic acids is 3. The summed E-state index contributed by atoms with van der Waals surface area (Å²) >= 11 is 0. The van der Waals surface area contributed by atoms with Gasteiger partial charge in [0.25, 0.3) is 0 Å². The molecule has 0 rings (SSSR count). The quantitative estimate of drug-likeness (QED) is 0.0261. The van der Waals surface area contributed by atoms with Crippen LogP contribution in [0.1, 0.15) is 342 Å². The van der Waals surface area contributed by atoms with Crippen molar-refractivity contribution >= 4 is 17.9 Å². The van der Waals surface area contributed by atoms with E-state index in [9.17, 15) is 14.4 Å². The normalized spacial score (nSPS) is 12.4. The van der Waals surface area contributed by atoms with Crippen molar-refractivity contribution in [3.63, 3.8) is 0 Å². The Hall–Kier alpha value is -2.89. The molecule has 0 aromatic carbocycles. The van der Waals surface area contributed by atoms with Crippen LogP contribution in [-0.2, 0) is 28.6 Å². The number of carbonyl (C=O) groups is 3. The van der Waals surface area contributed by atoms with Gasteiger partial charge in [0.15, 0.2) is 6.10 Å². The lowest BCUT2D eigenvalue weighted by atomic mass is 10.0. The third kappa shape index (κ3) is 61.8. The van der Waals surface area contributed by atoms with E-state index in [1.807, 2.05) is 0 Å². The van der Waals surface area contributed by atoms with Gasteiger partial charge in [-0.15, -0.1) is 0 Å².